The minimum atomic E-state index is -0.0312. The second kappa shape index (κ2) is 6.73. The molecule has 0 spiro atoms. The number of rotatable bonds is 3. The summed E-state index contributed by atoms with van der Waals surface area (Å²) in [5, 5.41) is 10.9. The molecule has 0 bridgehead atoms. The third-order valence-electron chi connectivity index (χ3n) is 6.28. The molecule has 152 valence electrons. The number of aliphatic imine (C=N–C) groups is 1. The molecule has 0 N–H and O–H groups in total. The van der Waals surface area contributed by atoms with Crippen molar-refractivity contribution >= 4 is 29.2 Å². The highest BCUT2D eigenvalue weighted by atomic mass is 32.1. The van der Waals surface area contributed by atoms with E-state index in [2.05, 4.69) is 26.6 Å². The Balaban J connectivity index is 1.31. The smallest absolute Gasteiger partial charge is 0.265 e. The molecule has 9 heteroatoms. The summed E-state index contributed by atoms with van der Waals surface area (Å²) in [4.78, 5) is 21.7. The Morgan fingerprint density at radius 1 is 1.17 bits per heavy atom. The van der Waals surface area contributed by atoms with Gasteiger partial charge in [0.25, 0.3) is 5.91 Å². The van der Waals surface area contributed by atoms with Gasteiger partial charge in [0.1, 0.15) is 11.3 Å². The van der Waals surface area contributed by atoms with E-state index >= 15 is 0 Å². The van der Waals surface area contributed by atoms with Crippen LogP contribution in [0.15, 0.2) is 40.8 Å². The third kappa shape index (κ3) is 2.68. The van der Waals surface area contributed by atoms with Crippen LogP contribution in [-0.4, -0.2) is 55.3 Å². The fourth-order valence-electron chi connectivity index (χ4n) is 4.75. The third-order valence-corrected chi connectivity index (χ3v) is 6.79. The van der Waals surface area contributed by atoms with Crippen LogP contribution in [0, 0.1) is 0 Å². The second-order valence-corrected chi connectivity index (χ2v) is 8.74. The Labute approximate surface area is 178 Å². The SMILES string of the molecule is CN1C(=O)c2cn(Cc3ccc(-c4csnn4)cc3)nc2N2C1=NC1CCCCC12. The van der Waals surface area contributed by atoms with E-state index in [-0.39, 0.29) is 11.9 Å². The lowest BCUT2D eigenvalue weighted by Gasteiger charge is -2.36. The molecule has 3 aromatic rings. The molecule has 6 rings (SSSR count). The van der Waals surface area contributed by atoms with E-state index in [0.29, 0.717) is 18.2 Å². The van der Waals surface area contributed by atoms with Gasteiger partial charge in [-0.3, -0.25) is 19.3 Å². The Kier molecular flexibility index (Phi) is 3.98. The highest BCUT2D eigenvalue weighted by molar-refractivity contribution is 7.03. The summed E-state index contributed by atoms with van der Waals surface area (Å²) in [5.41, 5.74) is 3.71. The van der Waals surface area contributed by atoms with E-state index < -0.39 is 0 Å². The van der Waals surface area contributed by atoms with Gasteiger partial charge >= 0.3 is 0 Å². The van der Waals surface area contributed by atoms with Crippen molar-refractivity contribution in [3.05, 3.63) is 47.0 Å². The quantitative estimate of drug-likeness (QED) is 0.652. The first kappa shape index (κ1) is 17.8. The van der Waals surface area contributed by atoms with Crippen LogP contribution < -0.4 is 4.90 Å². The molecule has 3 aliphatic rings. The van der Waals surface area contributed by atoms with Crippen LogP contribution >= 0.6 is 11.5 Å². The predicted octanol–water partition coefficient (Wildman–Crippen LogP) is 3.02. The molecule has 0 radical (unpaired) electrons. The van der Waals surface area contributed by atoms with Crippen LogP contribution in [0.1, 0.15) is 41.6 Å². The molecule has 0 saturated heterocycles. The van der Waals surface area contributed by atoms with Gasteiger partial charge in [0.2, 0.25) is 5.96 Å². The van der Waals surface area contributed by atoms with Gasteiger partial charge in [0.05, 0.1) is 18.6 Å². The maximum Gasteiger partial charge on any atom is 0.265 e. The summed E-state index contributed by atoms with van der Waals surface area (Å²) in [6.07, 6.45) is 6.47. The fraction of sp³-hybridized carbons (Fsp3) is 0.381. The molecule has 1 saturated carbocycles. The minimum absolute atomic E-state index is 0.0312. The number of hydrogen-bond acceptors (Lipinski definition) is 7. The van der Waals surface area contributed by atoms with Gasteiger partial charge < -0.3 is 0 Å². The first-order valence-electron chi connectivity index (χ1n) is 10.3. The van der Waals surface area contributed by atoms with Crippen molar-refractivity contribution in [2.24, 2.45) is 4.99 Å². The number of fused-ring (bicyclic) bond motifs is 5. The van der Waals surface area contributed by atoms with Gasteiger partial charge in [-0.1, -0.05) is 41.6 Å². The molecule has 1 fully saturated rings. The molecule has 30 heavy (non-hydrogen) atoms. The molecule has 1 aliphatic carbocycles. The zero-order valence-corrected chi connectivity index (χ0v) is 17.4. The van der Waals surface area contributed by atoms with Crippen molar-refractivity contribution in [2.45, 2.75) is 44.3 Å². The number of hydrogen-bond donors (Lipinski definition) is 0. The number of benzene rings is 1. The summed E-state index contributed by atoms with van der Waals surface area (Å²) in [6, 6.07) is 8.83. The summed E-state index contributed by atoms with van der Waals surface area (Å²) < 4.78 is 5.79. The van der Waals surface area contributed by atoms with E-state index in [1.165, 1.54) is 24.4 Å². The number of aromatic nitrogens is 4. The topological polar surface area (TPSA) is 79.5 Å². The molecule has 2 atom stereocenters. The van der Waals surface area contributed by atoms with Crippen molar-refractivity contribution in [3.8, 4) is 11.3 Å². The minimum Gasteiger partial charge on any atom is -0.289 e. The Morgan fingerprint density at radius 2 is 2.00 bits per heavy atom. The molecule has 2 aromatic heterocycles. The van der Waals surface area contributed by atoms with Gasteiger partial charge in [-0.15, -0.1) is 5.10 Å². The lowest BCUT2D eigenvalue weighted by Crippen LogP contribution is -2.52. The van der Waals surface area contributed by atoms with Gasteiger partial charge in [0, 0.05) is 24.2 Å². The summed E-state index contributed by atoms with van der Waals surface area (Å²) >= 11 is 1.35. The molecule has 8 nitrogen and oxygen atoms in total. The van der Waals surface area contributed by atoms with Gasteiger partial charge in [-0.25, -0.2) is 4.99 Å². The first-order valence-corrected chi connectivity index (χ1v) is 11.1. The Morgan fingerprint density at radius 3 is 2.80 bits per heavy atom. The first-order chi connectivity index (χ1) is 14.7. The molecule has 2 unspecified atom stereocenters. The largest absolute Gasteiger partial charge is 0.289 e. The Bertz CT molecular complexity index is 1130. The zero-order chi connectivity index (χ0) is 20.2. The normalized spacial score (nSPS) is 22.6. The average molecular weight is 420 g/mol. The molecule has 1 aromatic carbocycles. The molecular formula is C21H21N7OS. The molecule has 1 amide bonds. The fourth-order valence-corrected chi connectivity index (χ4v) is 5.22. The van der Waals surface area contributed by atoms with Gasteiger partial charge in [0.15, 0.2) is 5.82 Å². The second-order valence-electron chi connectivity index (χ2n) is 8.13. The lowest BCUT2D eigenvalue weighted by molar-refractivity contribution is 0.0865. The van der Waals surface area contributed by atoms with Crippen LogP contribution in [-0.2, 0) is 6.54 Å². The van der Waals surface area contributed by atoms with Crippen LogP contribution in [0.5, 0.6) is 0 Å². The van der Waals surface area contributed by atoms with E-state index in [1.54, 1.807) is 4.90 Å². The van der Waals surface area contributed by atoms with E-state index in [9.17, 15) is 4.79 Å². The zero-order valence-electron chi connectivity index (χ0n) is 16.6. The van der Waals surface area contributed by atoms with Crippen LogP contribution in [0.3, 0.4) is 0 Å². The van der Waals surface area contributed by atoms with Crippen molar-refractivity contribution in [3.63, 3.8) is 0 Å². The number of anilines is 1. The molecule has 2 aliphatic heterocycles. The van der Waals surface area contributed by atoms with Crippen molar-refractivity contribution < 1.29 is 4.79 Å². The number of amides is 1. The maximum atomic E-state index is 13.0. The predicted molar refractivity (Wildman–Crippen MR) is 115 cm³/mol. The number of carbonyl (C=O) groups excluding carboxylic acids is 1. The van der Waals surface area contributed by atoms with Crippen molar-refractivity contribution in [1.29, 1.82) is 0 Å². The number of carbonyl (C=O) groups is 1. The van der Waals surface area contributed by atoms with Crippen LogP contribution in [0.25, 0.3) is 11.3 Å². The standard InChI is InChI=1S/C21H21N7OS/c1-26-20(29)15-11-27(10-13-6-8-14(9-7-13)17-12-30-25-23-17)24-19(15)28-18-5-3-2-4-16(18)22-21(26)28/h6-9,11-12,16,18H,2-5,10H2,1H3. The maximum absolute atomic E-state index is 13.0. The average Bonchev–Trinajstić information content (AvgIpc) is 3.50. The Hall–Kier alpha value is -3.07. The molecule has 4 heterocycles. The monoisotopic (exact) mass is 419 g/mol. The molecular weight excluding hydrogens is 398 g/mol. The van der Waals surface area contributed by atoms with Crippen LogP contribution in [0.4, 0.5) is 5.82 Å². The highest BCUT2D eigenvalue weighted by Gasteiger charge is 2.46. The number of guanidine groups is 1. The van der Waals surface area contributed by atoms with Crippen molar-refractivity contribution in [1.82, 2.24) is 24.3 Å². The van der Waals surface area contributed by atoms with E-state index in [1.807, 2.05) is 35.4 Å². The van der Waals surface area contributed by atoms with Gasteiger partial charge in [-0.05, 0) is 29.9 Å². The summed E-state index contributed by atoms with van der Waals surface area (Å²) in [6.45, 7) is 0.605. The summed E-state index contributed by atoms with van der Waals surface area (Å²) in [5.74, 6) is 1.49. The van der Waals surface area contributed by atoms with E-state index in [4.69, 9.17) is 10.1 Å². The van der Waals surface area contributed by atoms with Crippen LogP contribution in [0.2, 0.25) is 0 Å². The summed E-state index contributed by atoms with van der Waals surface area (Å²) in [7, 11) is 1.82. The van der Waals surface area contributed by atoms with E-state index in [0.717, 1.165) is 41.4 Å². The highest BCUT2D eigenvalue weighted by Crippen LogP contribution is 2.38. The van der Waals surface area contributed by atoms with Gasteiger partial charge in [-0.2, -0.15) is 5.10 Å². The lowest BCUT2D eigenvalue weighted by atomic mass is 9.90. The number of nitrogens with zero attached hydrogens (tertiary/aromatic N) is 7. The van der Waals surface area contributed by atoms with Crippen molar-refractivity contribution in [2.75, 3.05) is 11.9 Å².